The third-order valence-electron chi connectivity index (χ3n) is 6.04. The summed E-state index contributed by atoms with van der Waals surface area (Å²) in [5.74, 6) is -1.64. The van der Waals surface area contributed by atoms with Crippen LogP contribution in [0.25, 0.3) is 0 Å². The molecule has 17 heteroatoms. The summed E-state index contributed by atoms with van der Waals surface area (Å²) in [5, 5.41) is 8.55. The second kappa shape index (κ2) is 40.5. The van der Waals surface area contributed by atoms with Crippen LogP contribution >= 0.6 is 0 Å². The van der Waals surface area contributed by atoms with Gasteiger partial charge in [0.15, 0.2) is 0 Å². The molecule has 0 saturated heterocycles. The van der Waals surface area contributed by atoms with Gasteiger partial charge in [0.25, 0.3) is 0 Å². The largest absolute Gasteiger partial charge is 0.481 e. The van der Waals surface area contributed by atoms with Gasteiger partial charge in [-0.25, -0.2) is 4.79 Å². The minimum atomic E-state index is -0.867. The number of hydrogen-bond donors (Lipinski definition) is 1. The smallest absolute Gasteiger partial charge is 0.333 e. The first kappa shape index (κ1) is 48.7. The van der Waals surface area contributed by atoms with Gasteiger partial charge < -0.3 is 66.7 Å². The molecule has 300 valence electrons. The molecule has 0 unspecified atom stereocenters. The molecule has 0 heterocycles. The summed E-state index contributed by atoms with van der Waals surface area (Å²) < 4.78 is 69.5. The summed E-state index contributed by atoms with van der Waals surface area (Å²) in [4.78, 5) is 33.1. The molecule has 0 atom stereocenters. The molecule has 1 N–H and O–H groups in total. The predicted molar refractivity (Wildman–Crippen MR) is 182 cm³/mol. The summed E-state index contributed by atoms with van der Waals surface area (Å²) in [6, 6.07) is 0. The lowest BCUT2D eigenvalue weighted by atomic mass is 10.2. The normalized spacial score (nSPS) is 11.2. The van der Waals surface area contributed by atoms with Crippen molar-refractivity contribution in [2.45, 2.75) is 32.6 Å². The summed E-state index contributed by atoms with van der Waals surface area (Å²) >= 11 is 0. The van der Waals surface area contributed by atoms with Gasteiger partial charge in [0, 0.05) is 18.4 Å². The van der Waals surface area contributed by atoms with Crippen LogP contribution in [0, 0.1) is 0 Å². The molecule has 0 rings (SSSR count). The maximum absolute atomic E-state index is 11.5. The van der Waals surface area contributed by atoms with Crippen LogP contribution in [-0.2, 0) is 76.0 Å². The van der Waals surface area contributed by atoms with Crippen molar-refractivity contribution in [3.63, 3.8) is 0 Å². The average molecular weight is 743 g/mol. The number of hydrogen-bond acceptors (Lipinski definition) is 16. The van der Waals surface area contributed by atoms with Gasteiger partial charge in [0.1, 0.15) is 13.2 Å². The van der Waals surface area contributed by atoms with Gasteiger partial charge in [-0.15, -0.1) is 0 Å². The van der Waals surface area contributed by atoms with Crippen molar-refractivity contribution in [2.24, 2.45) is 0 Å². The lowest BCUT2D eigenvalue weighted by Crippen LogP contribution is -2.16. The summed E-state index contributed by atoms with van der Waals surface area (Å²) in [6.07, 6.45) is 1.22. The van der Waals surface area contributed by atoms with Crippen molar-refractivity contribution in [2.75, 3.05) is 159 Å². The second-order valence-electron chi connectivity index (χ2n) is 10.5. The maximum atomic E-state index is 11.5. The zero-order valence-corrected chi connectivity index (χ0v) is 30.5. The summed E-state index contributed by atoms with van der Waals surface area (Å²) in [7, 11) is 0. The van der Waals surface area contributed by atoms with Crippen LogP contribution in [0.15, 0.2) is 12.2 Å². The lowest BCUT2D eigenvalue weighted by molar-refractivity contribution is -0.146. The molecule has 0 aliphatic rings. The number of ether oxygens (including phenoxy) is 13. The monoisotopic (exact) mass is 742 g/mol. The molecular formula is C34H62O17. The fourth-order valence-electron chi connectivity index (χ4n) is 3.45. The topological polar surface area (TPSA) is 191 Å². The minimum absolute atomic E-state index is 0.0558. The standard InChI is InChI=1S/C34H62O17/c1-31(2)34(38)51-30-28-49-26-24-47-22-20-45-18-16-43-14-12-41-10-8-39-7-9-40-11-13-42-15-17-44-19-21-46-23-25-48-27-29-50-33(37)6-4-3-5-32(35)36/h1,3-30H2,2H3,(H,35,36). The number of carboxylic acid groups (broad SMARTS) is 1. The molecule has 17 nitrogen and oxygen atoms in total. The fraction of sp³-hybridized carbons (Fsp3) is 0.853. The van der Waals surface area contributed by atoms with Crippen LogP contribution in [0.2, 0.25) is 0 Å². The van der Waals surface area contributed by atoms with Crippen LogP contribution in [0.1, 0.15) is 32.6 Å². The molecule has 0 bridgehead atoms. The fourth-order valence-corrected chi connectivity index (χ4v) is 3.45. The van der Waals surface area contributed by atoms with E-state index in [1.165, 1.54) is 0 Å². The number of unbranched alkanes of at least 4 members (excludes halogenated alkanes) is 1. The molecule has 51 heavy (non-hydrogen) atoms. The van der Waals surface area contributed by atoms with Crippen molar-refractivity contribution in [1.29, 1.82) is 0 Å². The highest BCUT2D eigenvalue weighted by Gasteiger charge is 2.05. The number of rotatable bonds is 42. The first-order valence-corrected chi connectivity index (χ1v) is 17.5. The lowest BCUT2D eigenvalue weighted by Gasteiger charge is -2.09. The van der Waals surface area contributed by atoms with Gasteiger partial charge in [0.05, 0.1) is 145 Å². The van der Waals surface area contributed by atoms with E-state index in [4.69, 9.17) is 66.7 Å². The van der Waals surface area contributed by atoms with Gasteiger partial charge in [-0.2, -0.15) is 0 Å². The number of esters is 2. The molecule has 0 radical (unpaired) electrons. The SMILES string of the molecule is C=C(C)C(=O)OCCOCCOCCOCCOCCOCCOCCOCCOCCOCCOCCOCCOC(=O)CCCCC(=O)O. The van der Waals surface area contributed by atoms with E-state index in [0.717, 1.165) is 0 Å². The molecular weight excluding hydrogens is 680 g/mol. The first-order valence-electron chi connectivity index (χ1n) is 17.5. The highest BCUT2D eigenvalue weighted by Crippen LogP contribution is 2.01. The van der Waals surface area contributed by atoms with Crippen LogP contribution in [0.4, 0.5) is 0 Å². The van der Waals surface area contributed by atoms with Crippen LogP contribution < -0.4 is 0 Å². The molecule has 0 aromatic carbocycles. The Kier molecular flexibility index (Phi) is 38.7. The van der Waals surface area contributed by atoms with Gasteiger partial charge in [-0.05, 0) is 19.8 Å². The third kappa shape index (κ3) is 42.0. The van der Waals surface area contributed by atoms with E-state index in [1.54, 1.807) is 6.92 Å². The molecule has 0 aliphatic heterocycles. The highest BCUT2D eigenvalue weighted by molar-refractivity contribution is 5.86. The Labute approximate surface area is 302 Å². The third-order valence-corrected chi connectivity index (χ3v) is 6.04. The Morgan fingerprint density at radius 2 is 0.627 bits per heavy atom. The predicted octanol–water partition coefficient (Wildman–Crippen LogP) is 1.48. The van der Waals surface area contributed by atoms with Crippen LogP contribution in [0.3, 0.4) is 0 Å². The number of carbonyl (C=O) groups excluding carboxylic acids is 2. The van der Waals surface area contributed by atoms with Crippen LogP contribution in [-0.4, -0.2) is 182 Å². The molecule has 0 aliphatic carbocycles. The van der Waals surface area contributed by atoms with E-state index in [9.17, 15) is 14.4 Å². The molecule has 0 aromatic heterocycles. The Morgan fingerprint density at radius 1 is 0.392 bits per heavy atom. The van der Waals surface area contributed by atoms with Crippen LogP contribution in [0.5, 0.6) is 0 Å². The zero-order valence-electron chi connectivity index (χ0n) is 30.5. The second-order valence-corrected chi connectivity index (χ2v) is 10.5. The van der Waals surface area contributed by atoms with E-state index < -0.39 is 11.9 Å². The molecule has 0 aromatic rings. The highest BCUT2D eigenvalue weighted by atomic mass is 16.6. The quantitative estimate of drug-likeness (QED) is 0.0537. The minimum Gasteiger partial charge on any atom is -0.481 e. The summed E-state index contributed by atoms with van der Waals surface area (Å²) in [6.45, 7) is 15.1. The van der Waals surface area contributed by atoms with Gasteiger partial charge in [-0.1, -0.05) is 6.58 Å². The first-order chi connectivity index (χ1) is 24.9. The van der Waals surface area contributed by atoms with Crippen molar-refractivity contribution in [3.8, 4) is 0 Å². The number of carboxylic acids is 1. The van der Waals surface area contributed by atoms with Crippen molar-refractivity contribution in [3.05, 3.63) is 12.2 Å². The van der Waals surface area contributed by atoms with Crippen molar-refractivity contribution >= 4 is 17.9 Å². The Bertz CT molecular complexity index is 814. The molecule has 0 fully saturated rings. The zero-order chi connectivity index (χ0) is 37.3. The number of carbonyl (C=O) groups is 3. The Balaban J connectivity index is 3.12. The molecule has 0 amide bonds. The Morgan fingerprint density at radius 3 is 0.882 bits per heavy atom. The molecule has 0 saturated carbocycles. The van der Waals surface area contributed by atoms with Gasteiger partial charge in [-0.3, -0.25) is 9.59 Å². The van der Waals surface area contributed by atoms with Crippen molar-refractivity contribution in [1.82, 2.24) is 0 Å². The Hall–Kier alpha value is -2.29. The van der Waals surface area contributed by atoms with E-state index in [-0.39, 0.29) is 38.6 Å². The number of aliphatic carboxylic acids is 1. The summed E-state index contributed by atoms with van der Waals surface area (Å²) in [5.41, 5.74) is 0.363. The van der Waals surface area contributed by atoms with Gasteiger partial charge in [0.2, 0.25) is 0 Å². The van der Waals surface area contributed by atoms with E-state index in [1.807, 2.05) is 0 Å². The van der Waals surface area contributed by atoms with E-state index >= 15 is 0 Å². The maximum Gasteiger partial charge on any atom is 0.333 e. The van der Waals surface area contributed by atoms with Crippen molar-refractivity contribution < 1.29 is 81.1 Å². The van der Waals surface area contributed by atoms with E-state index in [0.29, 0.717) is 157 Å². The average Bonchev–Trinajstić information content (AvgIpc) is 3.11. The van der Waals surface area contributed by atoms with Gasteiger partial charge >= 0.3 is 17.9 Å². The molecule has 0 spiro atoms. The van der Waals surface area contributed by atoms with E-state index in [2.05, 4.69) is 6.58 Å².